The normalized spacial score (nSPS) is 13.2. The highest BCUT2D eigenvalue weighted by molar-refractivity contribution is 5.76. The number of benzene rings is 1. The summed E-state index contributed by atoms with van der Waals surface area (Å²) in [6, 6.07) is 9.18. The van der Waals surface area contributed by atoms with Crippen LogP contribution in [-0.2, 0) is 24.2 Å². The predicted octanol–water partition coefficient (Wildman–Crippen LogP) is 1.62. The third-order valence-corrected chi connectivity index (χ3v) is 5.22. The highest BCUT2D eigenvalue weighted by atomic mass is 16.5. The second-order valence-corrected chi connectivity index (χ2v) is 6.92. The standard InChI is InChI=1S/C21H22N4O4/c1-28-17-11-14-8-10-24(13-15(14)12-18(17)29-2)20(26)7-6-16-21(27)25-9-4-3-5-19(25)23-22-16/h3-5,9,11-12H,6-8,10,13H2,1-2H3. The number of hydrogen-bond donors (Lipinski definition) is 0. The van der Waals surface area contributed by atoms with Gasteiger partial charge in [-0.1, -0.05) is 6.07 Å². The zero-order valence-electron chi connectivity index (χ0n) is 16.4. The third-order valence-electron chi connectivity index (χ3n) is 5.22. The van der Waals surface area contributed by atoms with Crippen molar-refractivity contribution < 1.29 is 14.3 Å². The average molecular weight is 394 g/mol. The summed E-state index contributed by atoms with van der Waals surface area (Å²) in [4.78, 5) is 27.1. The number of carbonyl (C=O) groups excluding carboxylic acids is 1. The molecule has 1 aliphatic rings. The van der Waals surface area contributed by atoms with Gasteiger partial charge in [0.1, 0.15) is 5.69 Å². The lowest BCUT2D eigenvalue weighted by Gasteiger charge is -2.29. The lowest BCUT2D eigenvalue weighted by molar-refractivity contribution is -0.132. The van der Waals surface area contributed by atoms with Crippen molar-refractivity contribution in [2.75, 3.05) is 20.8 Å². The van der Waals surface area contributed by atoms with Gasteiger partial charge in [0.2, 0.25) is 5.91 Å². The summed E-state index contributed by atoms with van der Waals surface area (Å²) >= 11 is 0. The monoisotopic (exact) mass is 394 g/mol. The van der Waals surface area contributed by atoms with Crippen LogP contribution >= 0.6 is 0 Å². The van der Waals surface area contributed by atoms with E-state index in [9.17, 15) is 9.59 Å². The minimum Gasteiger partial charge on any atom is -0.493 e. The Morgan fingerprint density at radius 1 is 1.10 bits per heavy atom. The first kappa shape index (κ1) is 18.9. The fourth-order valence-electron chi connectivity index (χ4n) is 3.62. The van der Waals surface area contributed by atoms with Crippen LogP contribution in [0.25, 0.3) is 5.65 Å². The van der Waals surface area contributed by atoms with Gasteiger partial charge in [-0.25, -0.2) is 0 Å². The molecule has 0 N–H and O–H groups in total. The smallest absolute Gasteiger partial charge is 0.279 e. The van der Waals surface area contributed by atoms with Crippen molar-refractivity contribution in [2.45, 2.75) is 25.8 Å². The van der Waals surface area contributed by atoms with Crippen LogP contribution in [0.15, 0.2) is 41.3 Å². The summed E-state index contributed by atoms with van der Waals surface area (Å²) in [5.74, 6) is 1.34. The van der Waals surface area contributed by atoms with E-state index in [1.54, 1.807) is 43.5 Å². The van der Waals surface area contributed by atoms with E-state index in [1.165, 1.54) is 4.40 Å². The molecule has 0 spiro atoms. The van der Waals surface area contributed by atoms with Crippen LogP contribution in [0.3, 0.4) is 0 Å². The number of aryl methyl sites for hydroxylation is 1. The zero-order valence-corrected chi connectivity index (χ0v) is 16.4. The Bertz CT molecular complexity index is 1130. The van der Waals surface area contributed by atoms with Crippen molar-refractivity contribution in [3.8, 4) is 11.5 Å². The van der Waals surface area contributed by atoms with Crippen molar-refractivity contribution >= 4 is 11.6 Å². The van der Waals surface area contributed by atoms with Gasteiger partial charge in [-0.3, -0.25) is 14.0 Å². The van der Waals surface area contributed by atoms with Crippen molar-refractivity contribution in [1.82, 2.24) is 19.5 Å². The van der Waals surface area contributed by atoms with E-state index in [4.69, 9.17) is 9.47 Å². The van der Waals surface area contributed by atoms with Gasteiger partial charge in [-0.2, -0.15) is 0 Å². The number of amides is 1. The maximum absolute atomic E-state index is 12.7. The number of pyridine rings is 1. The van der Waals surface area contributed by atoms with Gasteiger partial charge in [-0.05, 0) is 41.8 Å². The van der Waals surface area contributed by atoms with Crippen LogP contribution in [0.5, 0.6) is 11.5 Å². The van der Waals surface area contributed by atoms with Gasteiger partial charge in [0.05, 0.1) is 14.2 Å². The third kappa shape index (κ3) is 3.65. The summed E-state index contributed by atoms with van der Waals surface area (Å²) in [6.07, 6.45) is 2.88. The number of nitrogens with zero attached hydrogens (tertiary/aromatic N) is 4. The van der Waals surface area contributed by atoms with Gasteiger partial charge in [0.25, 0.3) is 5.56 Å². The van der Waals surface area contributed by atoms with E-state index < -0.39 is 0 Å². The van der Waals surface area contributed by atoms with E-state index in [1.807, 2.05) is 12.1 Å². The minimum atomic E-state index is -0.232. The molecule has 150 valence electrons. The van der Waals surface area contributed by atoms with E-state index in [-0.39, 0.29) is 24.3 Å². The molecule has 0 unspecified atom stereocenters. The molecule has 3 aromatic rings. The number of ether oxygens (including phenoxy) is 2. The molecule has 3 heterocycles. The zero-order chi connectivity index (χ0) is 20.4. The molecule has 0 saturated carbocycles. The van der Waals surface area contributed by atoms with Gasteiger partial charge < -0.3 is 14.4 Å². The predicted molar refractivity (Wildman–Crippen MR) is 106 cm³/mol. The average Bonchev–Trinajstić information content (AvgIpc) is 2.77. The number of carbonyl (C=O) groups is 1. The van der Waals surface area contributed by atoms with Crippen LogP contribution in [-0.4, -0.2) is 46.2 Å². The molecule has 0 fully saturated rings. The summed E-state index contributed by atoms with van der Waals surface area (Å²) in [6.45, 7) is 1.14. The molecular formula is C21H22N4O4. The quantitative estimate of drug-likeness (QED) is 0.654. The number of fused-ring (bicyclic) bond motifs is 2. The number of rotatable bonds is 5. The lowest BCUT2D eigenvalue weighted by atomic mass is 9.98. The lowest BCUT2D eigenvalue weighted by Crippen LogP contribution is -2.36. The number of hydrogen-bond acceptors (Lipinski definition) is 6. The molecule has 0 aliphatic carbocycles. The van der Waals surface area contributed by atoms with Crippen LogP contribution in [0.2, 0.25) is 0 Å². The Hall–Kier alpha value is -3.42. The molecule has 0 bridgehead atoms. The van der Waals surface area contributed by atoms with Crippen molar-refractivity contribution in [3.05, 3.63) is 63.7 Å². The Morgan fingerprint density at radius 3 is 2.62 bits per heavy atom. The molecule has 0 radical (unpaired) electrons. The van der Waals surface area contributed by atoms with Gasteiger partial charge >= 0.3 is 0 Å². The Labute approximate surface area is 167 Å². The molecule has 1 aliphatic heterocycles. The molecule has 8 heteroatoms. The number of methoxy groups -OCH3 is 2. The molecule has 0 atom stereocenters. The maximum atomic E-state index is 12.7. The highest BCUT2D eigenvalue weighted by Gasteiger charge is 2.23. The molecule has 1 amide bonds. The summed E-state index contributed by atoms with van der Waals surface area (Å²) < 4.78 is 12.2. The van der Waals surface area contributed by atoms with Gasteiger partial charge in [0, 0.05) is 32.1 Å². The molecule has 8 nitrogen and oxygen atoms in total. The summed E-state index contributed by atoms with van der Waals surface area (Å²) in [7, 11) is 3.21. The Kier molecular flexibility index (Phi) is 5.16. The second-order valence-electron chi connectivity index (χ2n) is 6.92. The van der Waals surface area contributed by atoms with Crippen molar-refractivity contribution in [1.29, 1.82) is 0 Å². The molecular weight excluding hydrogens is 372 g/mol. The van der Waals surface area contributed by atoms with Crippen LogP contribution < -0.4 is 15.0 Å². The topological polar surface area (TPSA) is 86.0 Å². The Balaban J connectivity index is 1.46. The summed E-state index contributed by atoms with van der Waals surface area (Å²) in [5.41, 5.74) is 2.76. The van der Waals surface area contributed by atoms with Crippen molar-refractivity contribution in [3.63, 3.8) is 0 Å². The van der Waals surface area contributed by atoms with Gasteiger partial charge in [0.15, 0.2) is 17.1 Å². The van der Waals surface area contributed by atoms with E-state index in [0.29, 0.717) is 35.9 Å². The van der Waals surface area contributed by atoms with Crippen LogP contribution in [0, 0.1) is 0 Å². The Morgan fingerprint density at radius 2 is 1.86 bits per heavy atom. The van der Waals surface area contributed by atoms with E-state index in [2.05, 4.69) is 10.2 Å². The van der Waals surface area contributed by atoms with Crippen LogP contribution in [0.4, 0.5) is 0 Å². The fraction of sp³-hybridized carbons (Fsp3) is 0.333. The van der Waals surface area contributed by atoms with E-state index >= 15 is 0 Å². The minimum absolute atomic E-state index is 0.00945. The molecule has 2 aromatic heterocycles. The number of aromatic nitrogens is 3. The first-order valence-electron chi connectivity index (χ1n) is 9.45. The largest absolute Gasteiger partial charge is 0.493 e. The maximum Gasteiger partial charge on any atom is 0.279 e. The highest BCUT2D eigenvalue weighted by Crippen LogP contribution is 2.33. The summed E-state index contributed by atoms with van der Waals surface area (Å²) in [5, 5.41) is 8.08. The fourth-order valence-corrected chi connectivity index (χ4v) is 3.62. The van der Waals surface area contributed by atoms with E-state index in [0.717, 1.165) is 17.5 Å². The van der Waals surface area contributed by atoms with Crippen molar-refractivity contribution in [2.24, 2.45) is 0 Å². The molecule has 4 rings (SSSR count). The molecule has 0 saturated heterocycles. The first-order valence-corrected chi connectivity index (χ1v) is 9.45. The second kappa shape index (κ2) is 7.90. The SMILES string of the molecule is COc1cc2c(cc1OC)CN(C(=O)CCc1nnc3ccccn3c1=O)CC2. The first-order chi connectivity index (χ1) is 14.1. The van der Waals surface area contributed by atoms with Crippen LogP contribution in [0.1, 0.15) is 23.2 Å². The molecule has 1 aromatic carbocycles. The van der Waals surface area contributed by atoms with Gasteiger partial charge in [-0.15, -0.1) is 10.2 Å². The molecule has 29 heavy (non-hydrogen) atoms.